The maximum absolute atomic E-state index is 8.88. The minimum Gasteiger partial charge on any atom is -0.494 e. The summed E-state index contributed by atoms with van der Waals surface area (Å²) in [6.45, 7) is 7.97. The molecule has 0 amide bonds. The van der Waals surface area contributed by atoms with Crippen LogP contribution in [-0.2, 0) is 4.74 Å². The van der Waals surface area contributed by atoms with Gasteiger partial charge in [-0.25, -0.2) is 0 Å². The van der Waals surface area contributed by atoms with Gasteiger partial charge in [0.25, 0.3) is 0 Å². The van der Waals surface area contributed by atoms with Crippen molar-refractivity contribution in [3.63, 3.8) is 0 Å². The molecule has 0 aromatic heterocycles. The first-order valence-electron chi connectivity index (χ1n) is 6.34. The predicted octanol–water partition coefficient (Wildman–Crippen LogP) is 3.13. The molecule has 0 aliphatic heterocycles. The summed E-state index contributed by atoms with van der Waals surface area (Å²) in [6.07, 6.45) is 6.12. The van der Waals surface area contributed by atoms with Crippen LogP contribution in [0, 0.1) is 28.3 Å². The van der Waals surface area contributed by atoms with E-state index in [1.165, 1.54) is 7.11 Å². The van der Waals surface area contributed by atoms with Gasteiger partial charge in [0, 0.05) is 5.57 Å². The van der Waals surface area contributed by atoms with E-state index in [1.807, 2.05) is 46.2 Å². The zero-order valence-corrected chi connectivity index (χ0v) is 12.5. The van der Waals surface area contributed by atoms with E-state index in [0.29, 0.717) is 23.6 Å². The van der Waals surface area contributed by atoms with Crippen molar-refractivity contribution in [2.75, 3.05) is 7.11 Å². The fourth-order valence-electron chi connectivity index (χ4n) is 2.19. The molecule has 1 aliphatic rings. The molecule has 0 saturated carbocycles. The average Bonchev–Trinajstić information content (AvgIpc) is 2.38. The largest absolute Gasteiger partial charge is 0.494 e. The number of hydrogen-bond donors (Lipinski definition) is 0. The molecule has 1 aliphatic carbocycles. The summed E-state index contributed by atoms with van der Waals surface area (Å²) in [7, 11) is 1.54. The highest BCUT2D eigenvalue weighted by Gasteiger charge is 2.33. The van der Waals surface area contributed by atoms with Gasteiger partial charge in [-0.2, -0.15) is 20.5 Å². The first-order chi connectivity index (χ1) is 9.40. The third-order valence-corrected chi connectivity index (χ3v) is 2.98. The van der Waals surface area contributed by atoms with E-state index in [9.17, 15) is 0 Å². The number of ether oxygens (including phenoxy) is 1. The van der Waals surface area contributed by atoms with Crippen LogP contribution >= 0.6 is 0 Å². The van der Waals surface area contributed by atoms with Gasteiger partial charge in [-0.3, -0.25) is 0 Å². The van der Waals surface area contributed by atoms with Gasteiger partial charge in [0.05, 0.1) is 12.8 Å². The average molecular weight is 270 g/mol. The molecule has 0 aromatic carbocycles. The number of rotatable bonds is 2. The molecule has 0 saturated heterocycles. The Kier molecular flexibility index (Phi) is 4.83. The van der Waals surface area contributed by atoms with E-state index in [2.05, 4.69) is 9.98 Å². The van der Waals surface area contributed by atoms with Crippen molar-refractivity contribution >= 4 is 11.4 Å². The topological polar surface area (TPSA) is 81.5 Å². The minimum absolute atomic E-state index is 0.285. The van der Waals surface area contributed by atoms with Crippen LogP contribution in [0.1, 0.15) is 34.1 Å². The van der Waals surface area contributed by atoms with E-state index < -0.39 is 0 Å². The van der Waals surface area contributed by atoms with Crippen molar-refractivity contribution in [2.45, 2.75) is 34.1 Å². The SMILES string of the molecule is CCC1=CC(=NC#N)C(C(C)(C)C)=C(OC)C1=NC#N. The maximum Gasteiger partial charge on any atom is 0.206 e. The van der Waals surface area contributed by atoms with Crippen molar-refractivity contribution < 1.29 is 4.74 Å². The van der Waals surface area contributed by atoms with Crippen LogP contribution in [-0.4, -0.2) is 18.5 Å². The number of nitriles is 2. The molecule has 20 heavy (non-hydrogen) atoms. The minimum atomic E-state index is -0.285. The standard InChI is InChI=1S/C15H18N4O/c1-6-10-7-11(18-8-16)12(15(2,3)4)14(20-5)13(10)19-9-17/h7H,6H2,1-5H3. The zero-order chi connectivity index (χ0) is 15.3. The molecule has 5 nitrogen and oxygen atoms in total. The van der Waals surface area contributed by atoms with Crippen molar-refractivity contribution in [1.82, 2.24) is 0 Å². The van der Waals surface area contributed by atoms with Crippen molar-refractivity contribution in [2.24, 2.45) is 15.4 Å². The van der Waals surface area contributed by atoms with Crippen LogP contribution in [0.5, 0.6) is 0 Å². The molecule has 0 radical (unpaired) electrons. The summed E-state index contributed by atoms with van der Waals surface area (Å²) >= 11 is 0. The van der Waals surface area contributed by atoms with Gasteiger partial charge < -0.3 is 4.74 Å². The summed E-state index contributed by atoms with van der Waals surface area (Å²) in [6, 6.07) is 0. The Bertz CT molecular complexity index is 601. The molecule has 0 atom stereocenters. The Morgan fingerprint density at radius 1 is 1.20 bits per heavy atom. The van der Waals surface area contributed by atoms with Gasteiger partial charge in [-0.1, -0.05) is 27.7 Å². The summed E-state index contributed by atoms with van der Waals surface area (Å²) in [4.78, 5) is 7.77. The molecule has 1 rings (SSSR count). The third-order valence-electron chi connectivity index (χ3n) is 2.98. The monoisotopic (exact) mass is 270 g/mol. The molecule has 0 aromatic rings. The second-order valence-electron chi connectivity index (χ2n) is 5.34. The smallest absolute Gasteiger partial charge is 0.206 e. The molecule has 0 unspecified atom stereocenters. The van der Waals surface area contributed by atoms with Crippen LogP contribution in [0.2, 0.25) is 0 Å². The summed E-state index contributed by atoms with van der Waals surface area (Å²) in [5.41, 5.74) is 2.44. The lowest BCUT2D eigenvalue weighted by Crippen LogP contribution is -2.28. The van der Waals surface area contributed by atoms with Crippen molar-refractivity contribution in [3.05, 3.63) is 23.0 Å². The first kappa shape index (κ1) is 15.7. The van der Waals surface area contributed by atoms with Crippen molar-refractivity contribution in [1.29, 1.82) is 10.5 Å². The van der Waals surface area contributed by atoms with Gasteiger partial charge in [0.1, 0.15) is 5.71 Å². The Morgan fingerprint density at radius 3 is 2.20 bits per heavy atom. The van der Waals surface area contributed by atoms with Crippen molar-refractivity contribution in [3.8, 4) is 12.4 Å². The van der Waals surface area contributed by atoms with E-state index in [-0.39, 0.29) is 5.41 Å². The number of hydrogen-bond acceptors (Lipinski definition) is 5. The Morgan fingerprint density at radius 2 is 1.80 bits per heavy atom. The molecule has 0 N–H and O–H groups in total. The second kappa shape index (κ2) is 6.16. The van der Waals surface area contributed by atoms with E-state index in [4.69, 9.17) is 15.3 Å². The van der Waals surface area contributed by atoms with Crippen LogP contribution < -0.4 is 0 Å². The molecule has 0 fully saturated rings. The molecular weight excluding hydrogens is 252 g/mol. The molecule has 0 bridgehead atoms. The van der Waals surface area contributed by atoms with Gasteiger partial charge in [-0.05, 0) is 23.5 Å². The summed E-state index contributed by atoms with van der Waals surface area (Å²) < 4.78 is 5.47. The lowest BCUT2D eigenvalue weighted by Gasteiger charge is -2.29. The molecule has 0 heterocycles. The molecule has 0 spiro atoms. The lowest BCUT2D eigenvalue weighted by molar-refractivity contribution is 0.302. The van der Waals surface area contributed by atoms with Gasteiger partial charge in [0.15, 0.2) is 5.76 Å². The lowest BCUT2D eigenvalue weighted by atomic mass is 9.77. The maximum atomic E-state index is 8.88. The second-order valence-corrected chi connectivity index (χ2v) is 5.34. The Labute approximate surface area is 119 Å². The van der Waals surface area contributed by atoms with Crippen LogP contribution in [0.4, 0.5) is 0 Å². The van der Waals surface area contributed by atoms with Gasteiger partial charge >= 0.3 is 0 Å². The van der Waals surface area contributed by atoms with E-state index in [0.717, 1.165) is 11.1 Å². The van der Waals surface area contributed by atoms with Crippen LogP contribution in [0.3, 0.4) is 0 Å². The van der Waals surface area contributed by atoms with E-state index in [1.54, 1.807) is 0 Å². The fourth-order valence-corrected chi connectivity index (χ4v) is 2.19. The Balaban J connectivity index is 3.70. The van der Waals surface area contributed by atoms with E-state index >= 15 is 0 Å². The highest BCUT2D eigenvalue weighted by molar-refractivity contribution is 6.26. The highest BCUT2D eigenvalue weighted by Crippen LogP contribution is 2.35. The van der Waals surface area contributed by atoms with Gasteiger partial charge in [-0.15, -0.1) is 0 Å². The highest BCUT2D eigenvalue weighted by atomic mass is 16.5. The third kappa shape index (κ3) is 2.95. The Hall–Kier alpha value is -2.40. The first-order valence-corrected chi connectivity index (χ1v) is 6.34. The summed E-state index contributed by atoms with van der Waals surface area (Å²) in [5.74, 6) is 0.521. The predicted molar refractivity (Wildman–Crippen MR) is 78.0 cm³/mol. The number of methoxy groups -OCH3 is 1. The van der Waals surface area contributed by atoms with Crippen LogP contribution in [0.15, 0.2) is 33.0 Å². The number of nitrogens with zero attached hydrogens (tertiary/aromatic N) is 4. The van der Waals surface area contributed by atoms with Gasteiger partial charge in [0.2, 0.25) is 12.4 Å². The fraction of sp³-hybridized carbons (Fsp3) is 0.467. The zero-order valence-electron chi connectivity index (χ0n) is 12.5. The summed E-state index contributed by atoms with van der Waals surface area (Å²) in [5, 5.41) is 17.8. The number of aliphatic imine (C=N–C) groups is 2. The van der Waals surface area contributed by atoms with Crippen LogP contribution in [0.25, 0.3) is 0 Å². The quantitative estimate of drug-likeness (QED) is 0.571. The normalized spacial score (nSPS) is 19.6. The molecular formula is C15H18N4O. The number of allylic oxidation sites excluding steroid dienone is 3. The molecule has 5 heteroatoms. The molecule has 104 valence electrons.